The maximum atomic E-state index is 5.95. The van der Waals surface area contributed by atoms with Gasteiger partial charge in [0.25, 0.3) is 0 Å². The van der Waals surface area contributed by atoms with Crippen LogP contribution in [0.5, 0.6) is 5.88 Å². The first-order valence-corrected chi connectivity index (χ1v) is 6.90. The number of hydrogen-bond donors (Lipinski definition) is 1. The minimum absolute atomic E-state index is 0.287. The first kappa shape index (κ1) is 13.3. The lowest BCUT2D eigenvalue weighted by Crippen LogP contribution is -2.23. The average Bonchev–Trinajstić information content (AvgIpc) is 2.31. The van der Waals surface area contributed by atoms with Crippen LogP contribution in [0, 0.1) is 12.8 Å². The molecule has 0 atom stereocenters. The number of hydrogen-bond acceptors (Lipinski definition) is 3. The lowest BCUT2D eigenvalue weighted by atomic mass is 9.89. The molecule has 0 radical (unpaired) electrons. The van der Waals surface area contributed by atoms with E-state index in [4.69, 9.17) is 22.7 Å². The Hall–Kier alpha value is -1.16. The van der Waals surface area contributed by atoms with Crippen molar-refractivity contribution < 1.29 is 4.74 Å². The van der Waals surface area contributed by atoms with Crippen molar-refractivity contribution in [1.82, 2.24) is 4.98 Å². The smallest absolute Gasteiger partial charge is 0.214 e. The molecular formula is C14H20N2OS. The van der Waals surface area contributed by atoms with E-state index in [1.54, 1.807) is 0 Å². The first-order valence-electron chi connectivity index (χ1n) is 6.49. The van der Waals surface area contributed by atoms with E-state index in [9.17, 15) is 0 Å². The van der Waals surface area contributed by atoms with Gasteiger partial charge in [0, 0.05) is 17.3 Å². The fourth-order valence-electron chi connectivity index (χ4n) is 2.36. The van der Waals surface area contributed by atoms with Crippen LogP contribution in [0.1, 0.15) is 43.9 Å². The maximum absolute atomic E-state index is 5.95. The molecule has 2 N–H and O–H groups in total. The van der Waals surface area contributed by atoms with Crippen LogP contribution < -0.4 is 10.5 Å². The van der Waals surface area contributed by atoms with E-state index >= 15 is 0 Å². The van der Waals surface area contributed by atoms with Crippen molar-refractivity contribution >= 4 is 17.2 Å². The minimum atomic E-state index is 0.287. The van der Waals surface area contributed by atoms with Gasteiger partial charge in [0.15, 0.2) is 0 Å². The highest BCUT2D eigenvalue weighted by Gasteiger charge is 2.20. The Morgan fingerprint density at radius 1 is 1.33 bits per heavy atom. The van der Waals surface area contributed by atoms with Crippen LogP contribution in [0.4, 0.5) is 0 Å². The normalized spacial score (nSPS) is 23.7. The van der Waals surface area contributed by atoms with Crippen molar-refractivity contribution in [2.75, 3.05) is 0 Å². The van der Waals surface area contributed by atoms with E-state index in [1.165, 1.54) is 12.8 Å². The highest BCUT2D eigenvalue weighted by Crippen LogP contribution is 2.26. The molecule has 0 spiro atoms. The zero-order chi connectivity index (χ0) is 13.1. The zero-order valence-electron chi connectivity index (χ0n) is 11.0. The van der Waals surface area contributed by atoms with Gasteiger partial charge in [0.05, 0.1) is 0 Å². The minimum Gasteiger partial charge on any atom is -0.474 e. The molecular weight excluding hydrogens is 244 g/mol. The van der Waals surface area contributed by atoms with Crippen molar-refractivity contribution in [2.45, 2.75) is 45.6 Å². The second kappa shape index (κ2) is 5.65. The Bertz CT molecular complexity index is 439. The predicted octanol–water partition coefficient (Wildman–Crippen LogP) is 2.98. The van der Waals surface area contributed by atoms with E-state index in [2.05, 4.69) is 11.9 Å². The van der Waals surface area contributed by atoms with Crippen LogP contribution in [0.15, 0.2) is 12.1 Å². The maximum Gasteiger partial charge on any atom is 0.214 e. The molecule has 0 aliphatic heterocycles. The molecule has 1 aliphatic carbocycles. The van der Waals surface area contributed by atoms with Gasteiger partial charge < -0.3 is 10.5 Å². The summed E-state index contributed by atoms with van der Waals surface area (Å²) in [5, 5.41) is 0. The van der Waals surface area contributed by atoms with Crippen LogP contribution in [0.25, 0.3) is 0 Å². The van der Waals surface area contributed by atoms with E-state index < -0.39 is 0 Å². The molecule has 0 unspecified atom stereocenters. The predicted molar refractivity (Wildman–Crippen MR) is 76.9 cm³/mol. The summed E-state index contributed by atoms with van der Waals surface area (Å²) >= 11 is 5.00. The van der Waals surface area contributed by atoms with E-state index in [0.29, 0.717) is 10.9 Å². The topological polar surface area (TPSA) is 48.1 Å². The number of nitrogens with two attached hydrogens (primary N) is 1. The van der Waals surface area contributed by atoms with Crippen LogP contribution in [-0.2, 0) is 0 Å². The molecule has 1 aliphatic rings. The van der Waals surface area contributed by atoms with Gasteiger partial charge in [-0.2, -0.15) is 0 Å². The summed E-state index contributed by atoms with van der Waals surface area (Å²) in [5.41, 5.74) is 7.37. The molecule has 0 saturated heterocycles. The summed E-state index contributed by atoms with van der Waals surface area (Å²) in [4.78, 5) is 4.78. The van der Waals surface area contributed by atoms with Crippen molar-refractivity contribution in [2.24, 2.45) is 11.7 Å². The second-order valence-corrected chi connectivity index (χ2v) is 5.64. The highest BCUT2D eigenvalue weighted by molar-refractivity contribution is 7.80. The Morgan fingerprint density at radius 2 is 2.00 bits per heavy atom. The third-order valence-electron chi connectivity index (χ3n) is 3.46. The monoisotopic (exact) mass is 264 g/mol. The molecule has 0 bridgehead atoms. The van der Waals surface area contributed by atoms with E-state index in [1.807, 2.05) is 19.1 Å². The number of rotatable bonds is 3. The molecule has 1 saturated carbocycles. The molecule has 18 heavy (non-hydrogen) atoms. The largest absolute Gasteiger partial charge is 0.474 e. The Kier molecular flexibility index (Phi) is 4.17. The third kappa shape index (κ3) is 3.42. The van der Waals surface area contributed by atoms with Gasteiger partial charge in [-0.3, -0.25) is 0 Å². The number of thiocarbonyl (C=S) groups is 1. The zero-order valence-corrected chi connectivity index (χ0v) is 11.8. The fourth-order valence-corrected chi connectivity index (χ4v) is 2.48. The standard InChI is InChI=1S/C14H20N2OS/c1-9-3-5-12(6-4-9)17-13-8-11(14(15)18)7-10(2)16-13/h7-9,12H,3-6H2,1-2H3,(H2,15,18). The van der Waals surface area contributed by atoms with Crippen molar-refractivity contribution in [3.05, 3.63) is 23.4 Å². The highest BCUT2D eigenvalue weighted by atomic mass is 32.1. The van der Waals surface area contributed by atoms with Crippen LogP contribution in [0.2, 0.25) is 0 Å². The second-order valence-electron chi connectivity index (χ2n) is 5.20. The summed E-state index contributed by atoms with van der Waals surface area (Å²) in [7, 11) is 0. The van der Waals surface area contributed by atoms with Gasteiger partial charge in [-0.05, 0) is 44.6 Å². The van der Waals surface area contributed by atoms with Gasteiger partial charge in [0.2, 0.25) is 5.88 Å². The van der Waals surface area contributed by atoms with Gasteiger partial charge in [-0.1, -0.05) is 19.1 Å². The molecule has 98 valence electrons. The molecule has 1 aromatic heterocycles. The number of aromatic nitrogens is 1. The Morgan fingerprint density at radius 3 is 2.61 bits per heavy atom. The molecule has 1 aromatic rings. The number of nitrogens with zero attached hydrogens (tertiary/aromatic N) is 1. The van der Waals surface area contributed by atoms with Gasteiger partial charge in [-0.15, -0.1) is 0 Å². The quantitative estimate of drug-likeness (QED) is 0.853. The lowest BCUT2D eigenvalue weighted by molar-refractivity contribution is 0.130. The average molecular weight is 264 g/mol. The molecule has 1 fully saturated rings. The van der Waals surface area contributed by atoms with E-state index in [-0.39, 0.29) is 6.10 Å². The summed E-state index contributed by atoms with van der Waals surface area (Å²) in [5.74, 6) is 1.47. The van der Waals surface area contributed by atoms with Crippen LogP contribution in [-0.4, -0.2) is 16.1 Å². The van der Waals surface area contributed by atoms with Gasteiger partial charge in [-0.25, -0.2) is 4.98 Å². The van der Waals surface area contributed by atoms with Crippen LogP contribution >= 0.6 is 12.2 Å². The molecule has 2 rings (SSSR count). The summed E-state index contributed by atoms with van der Waals surface area (Å²) < 4.78 is 5.95. The van der Waals surface area contributed by atoms with Gasteiger partial charge in [0.1, 0.15) is 11.1 Å². The number of ether oxygens (including phenoxy) is 1. The lowest BCUT2D eigenvalue weighted by Gasteiger charge is -2.26. The number of pyridine rings is 1. The van der Waals surface area contributed by atoms with E-state index in [0.717, 1.165) is 30.0 Å². The molecule has 0 amide bonds. The molecule has 4 heteroatoms. The first-order chi connectivity index (χ1) is 8.54. The number of aryl methyl sites for hydroxylation is 1. The van der Waals surface area contributed by atoms with Gasteiger partial charge >= 0.3 is 0 Å². The summed E-state index contributed by atoms with van der Waals surface area (Å²) in [6, 6.07) is 3.73. The summed E-state index contributed by atoms with van der Waals surface area (Å²) in [6.07, 6.45) is 4.98. The van der Waals surface area contributed by atoms with Crippen LogP contribution in [0.3, 0.4) is 0 Å². The fraction of sp³-hybridized carbons (Fsp3) is 0.571. The molecule has 3 nitrogen and oxygen atoms in total. The molecule has 1 heterocycles. The summed E-state index contributed by atoms with van der Waals surface area (Å²) in [6.45, 7) is 4.23. The van der Waals surface area contributed by atoms with Crippen molar-refractivity contribution in [3.63, 3.8) is 0 Å². The Labute approximate surface area is 114 Å². The van der Waals surface area contributed by atoms with Crippen molar-refractivity contribution in [1.29, 1.82) is 0 Å². The van der Waals surface area contributed by atoms with Crippen molar-refractivity contribution in [3.8, 4) is 5.88 Å². The third-order valence-corrected chi connectivity index (χ3v) is 3.70. The Balaban J connectivity index is 2.07. The SMILES string of the molecule is Cc1cc(C(N)=S)cc(OC2CCC(C)CC2)n1. The molecule has 0 aromatic carbocycles.